The third kappa shape index (κ3) is 4.21. The molecule has 0 aliphatic carbocycles. The van der Waals surface area contributed by atoms with Gasteiger partial charge in [-0.15, -0.1) is 11.3 Å². The molecular formula is C15H22ClN3O2S. The molecule has 2 N–H and O–H groups in total. The average molecular weight is 344 g/mol. The molecule has 5 nitrogen and oxygen atoms in total. The second-order valence-corrected chi connectivity index (χ2v) is 7.60. The Balaban J connectivity index is 1.87. The molecule has 2 heterocycles. The number of carbonyl (C=O) groups is 2. The van der Waals surface area contributed by atoms with Crippen LogP contribution in [-0.4, -0.2) is 47.8 Å². The van der Waals surface area contributed by atoms with E-state index >= 15 is 0 Å². The third-order valence-electron chi connectivity index (χ3n) is 4.26. The van der Waals surface area contributed by atoms with Crippen molar-refractivity contribution in [1.82, 2.24) is 9.80 Å². The Morgan fingerprint density at radius 1 is 1.45 bits per heavy atom. The zero-order valence-electron chi connectivity index (χ0n) is 12.9. The number of carbonyl (C=O) groups excluding carboxylic acids is 2. The monoisotopic (exact) mass is 343 g/mol. The third-order valence-corrected chi connectivity index (χ3v) is 5.48. The number of nitrogens with two attached hydrogens (primary N) is 1. The largest absolute Gasteiger partial charge is 0.369 e. The summed E-state index contributed by atoms with van der Waals surface area (Å²) in [4.78, 5) is 28.7. The van der Waals surface area contributed by atoms with Crippen LogP contribution in [0.15, 0.2) is 12.1 Å². The van der Waals surface area contributed by atoms with Gasteiger partial charge >= 0.3 is 0 Å². The minimum absolute atomic E-state index is 0.0923. The minimum Gasteiger partial charge on any atom is -0.369 e. The van der Waals surface area contributed by atoms with Crippen LogP contribution in [0.1, 0.15) is 24.6 Å². The van der Waals surface area contributed by atoms with Gasteiger partial charge in [0.2, 0.25) is 11.8 Å². The van der Waals surface area contributed by atoms with Crippen LogP contribution in [-0.2, 0) is 16.1 Å². The van der Waals surface area contributed by atoms with Crippen molar-refractivity contribution in [3.8, 4) is 0 Å². The number of thiophene rings is 1. The topological polar surface area (TPSA) is 66.6 Å². The number of amides is 2. The van der Waals surface area contributed by atoms with E-state index in [9.17, 15) is 9.59 Å². The average Bonchev–Trinajstić information content (AvgIpc) is 2.90. The molecule has 1 fully saturated rings. The summed E-state index contributed by atoms with van der Waals surface area (Å²) in [5.74, 6) is -0.245. The number of primary amides is 1. The van der Waals surface area contributed by atoms with Crippen molar-refractivity contribution in [2.75, 3.05) is 20.1 Å². The summed E-state index contributed by atoms with van der Waals surface area (Å²) in [7, 11) is 1.94. The Bertz CT molecular complexity index is 541. The maximum atomic E-state index is 12.6. The maximum absolute atomic E-state index is 12.6. The summed E-state index contributed by atoms with van der Waals surface area (Å²) in [6.45, 7) is 3.82. The van der Waals surface area contributed by atoms with Crippen LogP contribution >= 0.6 is 22.9 Å². The number of hydrogen-bond donors (Lipinski definition) is 1. The van der Waals surface area contributed by atoms with Crippen LogP contribution in [0.25, 0.3) is 0 Å². The molecule has 122 valence electrons. The van der Waals surface area contributed by atoms with Gasteiger partial charge in [0.15, 0.2) is 0 Å². The van der Waals surface area contributed by atoms with Gasteiger partial charge in [-0.2, -0.15) is 0 Å². The fourth-order valence-electron chi connectivity index (χ4n) is 2.66. The first-order valence-corrected chi connectivity index (χ1v) is 8.60. The quantitative estimate of drug-likeness (QED) is 0.888. The highest BCUT2D eigenvalue weighted by Gasteiger charge is 2.29. The summed E-state index contributed by atoms with van der Waals surface area (Å²) in [6, 6.07) is 3.65. The molecule has 7 heteroatoms. The van der Waals surface area contributed by atoms with Gasteiger partial charge < -0.3 is 10.6 Å². The molecule has 1 saturated heterocycles. The molecule has 0 bridgehead atoms. The summed E-state index contributed by atoms with van der Waals surface area (Å²) >= 11 is 7.47. The van der Waals surface area contributed by atoms with E-state index < -0.39 is 0 Å². The lowest BCUT2D eigenvalue weighted by molar-refractivity contribution is -0.139. The normalized spacial score (nSPS) is 17.7. The van der Waals surface area contributed by atoms with Crippen LogP contribution in [0.4, 0.5) is 0 Å². The molecular weight excluding hydrogens is 322 g/mol. The molecule has 0 radical (unpaired) electrons. The van der Waals surface area contributed by atoms with E-state index in [1.807, 2.05) is 35.9 Å². The number of likely N-dealkylation sites (N-methyl/N-ethyl adjacent to an activating group) is 1. The molecule has 22 heavy (non-hydrogen) atoms. The van der Waals surface area contributed by atoms with Crippen molar-refractivity contribution in [2.24, 2.45) is 11.7 Å². The number of piperidine rings is 1. The number of hydrogen-bond acceptors (Lipinski definition) is 4. The number of rotatable bonds is 5. The fourth-order valence-corrected chi connectivity index (χ4v) is 3.81. The Morgan fingerprint density at radius 2 is 2.09 bits per heavy atom. The molecule has 1 aliphatic heterocycles. The predicted octanol–water partition coefficient (Wildman–Crippen LogP) is 1.95. The highest BCUT2D eigenvalue weighted by Crippen LogP contribution is 2.23. The number of likely N-dealkylation sites (tertiary alicyclic amines) is 1. The second-order valence-electron chi connectivity index (χ2n) is 5.80. The minimum atomic E-state index is -0.258. The van der Waals surface area contributed by atoms with Crippen LogP contribution < -0.4 is 5.73 Å². The zero-order valence-corrected chi connectivity index (χ0v) is 14.5. The van der Waals surface area contributed by atoms with Gasteiger partial charge in [-0.05, 0) is 38.9 Å². The maximum Gasteiger partial charge on any atom is 0.239 e. The Morgan fingerprint density at radius 3 is 2.59 bits per heavy atom. The van der Waals surface area contributed by atoms with E-state index in [1.54, 1.807) is 0 Å². The first kappa shape index (κ1) is 17.2. The summed E-state index contributed by atoms with van der Waals surface area (Å²) in [6.07, 6.45) is 1.33. The van der Waals surface area contributed by atoms with Crippen molar-refractivity contribution in [3.63, 3.8) is 0 Å². The first-order chi connectivity index (χ1) is 10.4. The van der Waals surface area contributed by atoms with Gasteiger partial charge in [0.25, 0.3) is 0 Å². The molecule has 0 spiro atoms. The van der Waals surface area contributed by atoms with Gasteiger partial charge in [-0.3, -0.25) is 14.5 Å². The SMILES string of the molecule is CC(C(=O)N1CCC(C(N)=O)CC1)N(C)Cc1ccc(Cl)s1. The highest BCUT2D eigenvalue weighted by molar-refractivity contribution is 7.16. The highest BCUT2D eigenvalue weighted by atomic mass is 35.5. The van der Waals surface area contributed by atoms with E-state index in [1.165, 1.54) is 11.3 Å². The van der Waals surface area contributed by atoms with Gasteiger partial charge in [0, 0.05) is 30.4 Å². The lowest BCUT2D eigenvalue weighted by atomic mass is 9.96. The summed E-state index contributed by atoms with van der Waals surface area (Å²) in [5, 5.41) is 0. The van der Waals surface area contributed by atoms with Crippen molar-refractivity contribution in [3.05, 3.63) is 21.3 Å². The molecule has 1 aliphatic rings. The van der Waals surface area contributed by atoms with Gasteiger partial charge in [0.1, 0.15) is 0 Å². The van der Waals surface area contributed by atoms with Crippen LogP contribution in [0.3, 0.4) is 0 Å². The molecule has 2 amide bonds. The molecule has 0 aromatic carbocycles. The van der Waals surface area contributed by atoms with E-state index in [2.05, 4.69) is 0 Å². The van der Waals surface area contributed by atoms with E-state index in [-0.39, 0.29) is 23.8 Å². The van der Waals surface area contributed by atoms with Crippen molar-refractivity contribution in [1.29, 1.82) is 0 Å². The van der Waals surface area contributed by atoms with E-state index in [4.69, 9.17) is 17.3 Å². The number of nitrogens with zero attached hydrogens (tertiary/aromatic N) is 2. The molecule has 1 aromatic rings. The van der Waals surface area contributed by atoms with Gasteiger partial charge in [0.05, 0.1) is 10.4 Å². The van der Waals surface area contributed by atoms with E-state index in [0.29, 0.717) is 32.5 Å². The fraction of sp³-hybridized carbons (Fsp3) is 0.600. The smallest absolute Gasteiger partial charge is 0.239 e. The summed E-state index contributed by atoms with van der Waals surface area (Å²) in [5.41, 5.74) is 5.32. The van der Waals surface area contributed by atoms with Gasteiger partial charge in [-0.25, -0.2) is 0 Å². The molecule has 1 unspecified atom stereocenters. The Kier molecular flexibility index (Phi) is 5.83. The molecule has 1 atom stereocenters. The lowest BCUT2D eigenvalue weighted by Gasteiger charge is -2.34. The standard InChI is InChI=1S/C15H22ClN3O2S/c1-10(18(2)9-12-3-4-13(16)22-12)15(21)19-7-5-11(6-8-19)14(17)20/h3-4,10-11H,5-9H2,1-2H3,(H2,17,20). The van der Waals surface area contributed by atoms with Crippen LogP contribution in [0.5, 0.6) is 0 Å². The molecule has 2 rings (SSSR count). The molecule has 1 aromatic heterocycles. The predicted molar refractivity (Wildman–Crippen MR) is 88.8 cm³/mol. The lowest BCUT2D eigenvalue weighted by Crippen LogP contribution is -2.49. The first-order valence-electron chi connectivity index (χ1n) is 7.41. The zero-order chi connectivity index (χ0) is 16.3. The van der Waals surface area contributed by atoms with Crippen molar-refractivity contribution < 1.29 is 9.59 Å². The van der Waals surface area contributed by atoms with Crippen molar-refractivity contribution in [2.45, 2.75) is 32.4 Å². The summed E-state index contributed by atoms with van der Waals surface area (Å²) < 4.78 is 0.760. The number of halogens is 1. The second kappa shape index (κ2) is 7.44. The van der Waals surface area contributed by atoms with E-state index in [0.717, 1.165) is 9.21 Å². The van der Waals surface area contributed by atoms with Gasteiger partial charge in [-0.1, -0.05) is 11.6 Å². The Hall–Kier alpha value is -1.11. The molecule has 0 saturated carbocycles. The van der Waals surface area contributed by atoms with Crippen LogP contribution in [0, 0.1) is 5.92 Å². The van der Waals surface area contributed by atoms with Crippen LogP contribution in [0.2, 0.25) is 4.34 Å². The van der Waals surface area contributed by atoms with Crippen molar-refractivity contribution >= 4 is 34.8 Å². The Labute approximate surface area is 140 Å².